The Labute approximate surface area is 158 Å². The van der Waals surface area contributed by atoms with Gasteiger partial charge in [-0.1, -0.05) is 0 Å². The van der Waals surface area contributed by atoms with E-state index >= 15 is 0 Å². The van der Waals surface area contributed by atoms with Crippen LogP contribution in [0.2, 0.25) is 0 Å². The molecule has 0 spiro atoms. The Bertz CT molecular complexity index is 721. The number of ether oxygens (including phenoxy) is 1. The number of likely N-dealkylation sites (tertiary alicyclic amines) is 1. The Morgan fingerprint density at radius 2 is 1.52 bits per heavy atom. The van der Waals surface area contributed by atoms with Gasteiger partial charge in [-0.25, -0.2) is 8.42 Å². The van der Waals surface area contributed by atoms with E-state index in [0.29, 0.717) is 25.2 Å². The highest BCUT2D eigenvalue weighted by atomic mass is 32.2. The van der Waals surface area contributed by atoms with Gasteiger partial charge in [0.05, 0.1) is 16.6 Å². The molecule has 0 amide bonds. The normalized spacial score (nSPS) is 22.2. The maximum absolute atomic E-state index is 12.7. The number of sulfonamides is 1. The van der Waals surface area contributed by atoms with Gasteiger partial charge >= 0.3 is 6.18 Å². The van der Waals surface area contributed by atoms with Gasteiger partial charge in [-0.15, -0.1) is 0 Å². The minimum Gasteiger partial charge on any atom is -0.381 e. The molecule has 0 saturated carbocycles. The summed E-state index contributed by atoms with van der Waals surface area (Å²) in [5, 5.41) is 0. The summed E-state index contributed by atoms with van der Waals surface area (Å²) in [6, 6.07) is 4.07. The van der Waals surface area contributed by atoms with E-state index in [1.54, 1.807) is 7.11 Å². The van der Waals surface area contributed by atoms with Crippen molar-refractivity contribution in [3.8, 4) is 0 Å². The van der Waals surface area contributed by atoms with Crippen LogP contribution in [0.1, 0.15) is 31.2 Å². The number of halogens is 3. The SMILES string of the molecule is COC1CCN(C2CCN(S(=O)(=O)c3ccc(C(F)(F)F)cc3)CC2)CC1. The van der Waals surface area contributed by atoms with E-state index in [1.165, 1.54) is 4.31 Å². The van der Waals surface area contributed by atoms with Crippen molar-refractivity contribution in [1.29, 1.82) is 0 Å². The molecule has 1 aromatic carbocycles. The van der Waals surface area contributed by atoms with E-state index in [-0.39, 0.29) is 4.90 Å². The van der Waals surface area contributed by atoms with Crippen LogP contribution in [0.25, 0.3) is 0 Å². The summed E-state index contributed by atoms with van der Waals surface area (Å²) in [7, 11) is -2.04. The van der Waals surface area contributed by atoms with Crippen LogP contribution < -0.4 is 0 Å². The topological polar surface area (TPSA) is 49.9 Å². The molecule has 27 heavy (non-hydrogen) atoms. The van der Waals surface area contributed by atoms with E-state index < -0.39 is 21.8 Å². The molecule has 152 valence electrons. The van der Waals surface area contributed by atoms with Crippen molar-refractivity contribution in [2.75, 3.05) is 33.3 Å². The minimum atomic E-state index is -4.48. The summed E-state index contributed by atoms with van der Waals surface area (Å²) >= 11 is 0. The predicted molar refractivity (Wildman–Crippen MR) is 94.8 cm³/mol. The molecule has 2 aliphatic heterocycles. The first-order valence-corrected chi connectivity index (χ1v) is 10.6. The first-order valence-electron chi connectivity index (χ1n) is 9.16. The van der Waals surface area contributed by atoms with Gasteiger partial charge in [0, 0.05) is 39.3 Å². The number of nitrogens with zero attached hydrogens (tertiary/aromatic N) is 2. The molecular formula is C18H25F3N2O3S. The number of hydrogen-bond donors (Lipinski definition) is 0. The van der Waals surface area contributed by atoms with Crippen LogP contribution in [0.3, 0.4) is 0 Å². The average molecular weight is 406 g/mol. The van der Waals surface area contributed by atoms with Crippen molar-refractivity contribution < 1.29 is 26.3 Å². The van der Waals surface area contributed by atoms with Gasteiger partial charge in [0.1, 0.15) is 0 Å². The van der Waals surface area contributed by atoms with Crippen molar-refractivity contribution in [2.24, 2.45) is 0 Å². The van der Waals surface area contributed by atoms with Crippen molar-refractivity contribution in [1.82, 2.24) is 9.21 Å². The first-order chi connectivity index (χ1) is 12.7. The Hall–Kier alpha value is -1.16. The van der Waals surface area contributed by atoms with Gasteiger partial charge in [0.25, 0.3) is 0 Å². The molecule has 0 radical (unpaired) electrons. The second-order valence-corrected chi connectivity index (χ2v) is 9.07. The van der Waals surface area contributed by atoms with E-state index in [2.05, 4.69) is 4.90 Å². The highest BCUT2D eigenvalue weighted by molar-refractivity contribution is 7.89. The molecule has 9 heteroatoms. The second-order valence-electron chi connectivity index (χ2n) is 7.13. The monoisotopic (exact) mass is 406 g/mol. The summed E-state index contributed by atoms with van der Waals surface area (Å²) < 4.78 is 70.2. The minimum absolute atomic E-state index is 0.0881. The lowest BCUT2D eigenvalue weighted by molar-refractivity contribution is -0.137. The molecule has 0 unspecified atom stereocenters. The zero-order valence-corrected chi connectivity index (χ0v) is 16.1. The molecule has 1 aromatic rings. The lowest BCUT2D eigenvalue weighted by atomic mass is 10.00. The molecule has 0 aliphatic carbocycles. The maximum Gasteiger partial charge on any atom is 0.416 e. The van der Waals surface area contributed by atoms with Crippen LogP contribution in [0, 0.1) is 0 Å². The van der Waals surface area contributed by atoms with Gasteiger partial charge in [0.2, 0.25) is 10.0 Å². The molecule has 2 heterocycles. The molecular weight excluding hydrogens is 381 g/mol. The zero-order valence-electron chi connectivity index (χ0n) is 15.3. The van der Waals surface area contributed by atoms with Gasteiger partial charge in [-0.2, -0.15) is 17.5 Å². The first kappa shape index (κ1) is 20.6. The molecule has 0 atom stereocenters. The Morgan fingerprint density at radius 1 is 0.963 bits per heavy atom. The summed E-state index contributed by atoms with van der Waals surface area (Å²) in [6.07, 6.45) is -0.728. The van der Waals surface area contributed by atoms with Crippen LogP contribution in [-0.2, 0) is 20.9 Å². The van der Waals surface area contributed by atoms with Crippen molar-refractivity contribution in [3.63, 3.8) is 0 Å². The van der Waals surface area contributed by atoms with Crippen LogP contribution in [-0.4, -0.2) is 63.1 Å². The van der Waals surface area contributed by atoms with E-state index in [4.69, 9.17) is 4.74 Å². The fourth-order valence-corrected chi connectivity index (χ4v) is 5.36. The molecule has 2 fully saturated rings. The van der Waals surface area contributed by atoms with Gasteiger partial charge in [-0.3, -0.25) is 0 Å². The van der Waals surface area contributed by atoms with E-state index in [1.807, 2.05) is 0 Å². The third-order valence-corrected chi connectivity index (χ3v) is 7.48. The second kappa shape index (κ2) is 8.06. The van der Waals surface area contributed by atoms with E-state index in [9.17, 15) is 21.6 Å². The zero-order chi connectivity index (χ0) is 19.7. The fraction of sp³-hybridized carbons (Fsp3) is 0.667. The van der Waals surface area contributed by atoms with Crippen molar-refractivity contribution >= 4 is 10.0 Å². The summed E-state index contributed by atoms with van der Waals surface area (Å²) in [5.41, 5.74) is -0.848. The maximum atomic E-state index is 12.7. The summed E-state index contributed by atoms with van der Waals surface area (Å²) in [4.78, 5) is 2.31. The van der Waals surface area contributed by atoms with Crippen molar-refractivity contribution in [2.45, 2.75) is 48.9 Å². The van der Waals surface area contributed by atoms with Crippen LogP contribution in [0.5, 0.6) is 0 Å². The number of methoxy groups -OCH3 is 1. The Balaban J connectivity index is 1.60. The van der Waals surface area contributed by atoms with Crippen LogP contribution in [0.4, 0.5) is 13.2 Å². The van der Waals surface area contributed by atoms with Crippen LogP contribution in [0.15, 0.2) is 29.2 Å². The fourth-order valence-electron chi connectivity index (χ4n) is 3.89. The largest absolute Gasteiger partial charge is 0.416 e. The van der Waals surface area contributed by atoms with Gasteiger partial charge < -0.3 is 9.64 Å². The summed E-state index contributed by atoms with van der Waals surface area (Å²) in [6.45, 7) is 2.68. The molecule has 0 bridgehead atoms. The molecule has 0 N–H and O–H groups in total. The third-order valence-electron chi connectivity index (χ3n) is 5.57. The quantitative estimate of drug-likeness (QED) is 0.772. The van der Waals surface area contributed by atoms with Crippen molar-refractivity contribution in [3.05, 3.63) is 29.8 Å². The molecule has 3 rings (SSSR count). The Kier molecular flexibility index (Phi) is 6.14. The Morgan fingerprint density at radius 3 is 2.00 bits per heavy atom. The molecule has 0 aromatic heterocycles. The van der Waals surface area contributed by atoms with E-state index in [0.717, 1.165) is 63.0 Å². The number of piperidine rings is 2. The molecule has 5 nitrogen and oxygen atoms in total. The number of benzene rings is 1. The predicted octanol–water partition coefficient (Wildman–Crippen LogP) is 2.97. The standard InChI is InChI=1S/C18H25F3N2O3S/c1-26-16-8-10-22(11-9-16)15-6-12-23(13-7-15)27(24,25)17-4-2-14(3-5-17)18(19,20)21/h2-5,15-16H,6-13H2,1H3. The lowest BCUT2D eigenvalue weighted by Crippen LogP contribution is -2.49. The summed E-state index contributed by atoms with van der Waals surface area (Å²) in [5.74, 6) is 0. The highest BCUT2D eigenvalue weighted by Crippen LogP contribution is 2.31. The number of hydrogen-bond acceptors (Lipinski definition) is 4. The smallest absolute Gasteiger partial charge is 0.381 e. The third kappa shape index (κ3) is 4.64. The molecule has 2 saturated heterocycles. The van der Waals surface area contributed by atoms with Gasteiger partial charge in [-0.05, 0) is 49.9 Å². The average Bonchev–Trinajstić information content (AvgIpc) is 2.67. The van der Waals surface area contributed by atoms with Crippen LogP contribution >= 0.6 is 0 Å². The lowest BCUT2D eigenvalue weighted by Gasteiger charge is -2.41. The number of rotatable bonds is 4. The highest BCUT2D eigenvalue weighted by Gasteiger charge is 2.34. The number of alkyl halides is 3. The van der Waals surface area contributed by atoms with Gasteiger partial charge in [0.15, 0.2) is 0 Å². The molecule has 2 aliphatic rings.